The zero-order chi connectivity index (χ0) is 15.1. The van der Waals surface area contributed by atoms with E-state index < -0.39 is 0 Å². The van der Waals surface area contributed by atoms with Gasteiger partial charge in [0.25, 0.3) is 0 Å². The quantitative estimate of drug-likeness (QED) is 0.316. The van der Waals surface area contributed by atoms with Gasteiger partial charge in [-0.2, -0.15) is 0 Å². The van der Waals surface area contributed by atoms with E-state index in [1.807, 2.05) is 0 Å². The molecule has 1 aliphatic carbocycles. The van der Waals surface area contributed by atoms with E-state index in [9.17, 15) is 0 Å². The Kier molecular flexibility index (Phi) is 9.71. The van der Waals surface area contributed by atoms with Crippen LogP contribution >= 0.6 is 24.0 Å². The van der Waals surface area contributed by atoms with Crippen LogP contribution in [0, 0.1) is 0 Å². The summed E-state index contributed by atoms with van der Waals surface area (Å²) < 4.78 is 0. The van der Waals surface area contributed by atoms with Crippen LogP contribution in [0.5, 0.6) is 0 Å². The van der Waals surface area contributed by atoms with Gasteiger partial charge in [0.15, 0.2) is 5.96 Å². The SMILES string of the molecule is CC1CCCCN1C(C)CN=C(N)NC1CCCCCC1.I. The first-order chi connectivity index (χ1) is 10.2. The molecule has 1 saturated carbocycles. The molecule has 2 fully saturated rings. The summed E-state index contributed by atoms with van der Waals surface area (Å²) in [7, 11) is 0. The number of likely N-dealkylation sites (tertiary alicyclic amines) is 1. The van der Waals surface area contributed by atoms with Crippen molar-refractivity contribution in [1.82, 2.24) is 10.2 Å². The Labute approximate surface area is 153 Å². The minimum atomic E-state index is 0. The fourth-order valence-electron chi connectivity index (χ4n) is 3.79. The van der Waals surface area contributed by atoms with Crippen LogP contribution in [0.25, 0.3) is 0 Å². The van der Waals surface area contributed by atoms with E-state index in [2.05, 4.69) is 29.1 Å². The maximum Gasteiger partial charge on any atom is 0.188 e. The molecular weight excluding hydrogens is 387 g/mol. The molecule has 3 N–H and O–H groups in total. The lowest BCUT2D eigenvalue weighted by molar-refractivity contribution is 0.118. The van der Waals surface area contributed by atoms with Crippen LogP contribution in [0.15, 0.2) is 4.99 Å². The average molecular weight is 422 g/mol. The molecule has 0 aromatic heterocycles. The normalized spacial score (nSPS) is 26.8. The van der Waals surface area contributed by atoms with Gasteiger partial charge in [-0.15, -0.1) is 24.0 Å². The molecule has 4 nitrogen and oxygen atoms in total. The molecule has 0 radical (unpaired) electrons. The van der Waals surface area contributed by atoms with E-state index in [4.69, 9.17) is 5.73 Å². The summed E-state index contributed by atoms with van der Waals surface area (Å²) in [5.74, 6) is 0.651. The van der Waals surface area contributed by atoms with E-state index >= 15 is 0 Å². The Balaban J connectivity index is 0.00000242. The molecule has 1 aliphatic heterocycles. The second-order valence-corrected chi connectivity index (χ2v) is 6.99. The van der Waals surface area contributed by atoms with Crippen molar-refractivity contribution < 1.29 is 0 Å². The van der Waals surface area contributed by atoms with Crippen molar-refractivity contribution >= 4 is 29.9 Å². The number of nitrogens with two attached hydrogens (primary N) is 1. The van der Waals surface area contributed by atoms with Gasteiger partial charge in [0.05, 0.1) is 6.54 Å². The standard InChI is InChI=1S/C17H34N4.HI/c1-14-9-7-8-12-21(14)15(2)13-19-17(18)20-16-10-5-3-4-6-11-16;/h14-16H,3-13H2,1-2H3,(H3,18,19,20);1H. The van der Waals surface area contributed by atoms with Crippen LogP contribution in [-0.2, 0) is 0 Å². The van der Waals surface area contributed by atoms with Gasteiger partial charge in [-0.3, -0.25) is 9.89 Å². The highest BCUT2D eigenvalue weighted by Gasteiger charge is 2.22. The van der Waals surface area contributed by atoms with Crippen LogP contribution in [0.1, 0.15) is 71.6 Å². The van der Waals surface area contributed by atoms with Gasteiger partial charge in [-0.1, -0.05) is 32.1 Å². The Morgan fingerprint density at radius 2 is 1.77 bits per heavy atom. The summed E-state index contributed by atoms with van der Waals surface area (Å²) in [6.45, 7) is 6.65. The first-order valence-electron chi connectivity index (χ1n) is 8.99. The number of guanidine groups is 1. The Morgan fingerprint density at radius 1 is 1.14 bits per heavy atom. The van der Waals surface area contributed by atoms with Crippen molar-refractivity contribution in [3.05, 3.63) is 0 Å². The number of nitrogens with one attached hydrogen (secondary N) is 1. The molecule has 0 aromatic carbocycles. The Morgan fingerprint density at radius 3 is 2.41 bits per heavy atom. The Hall–Kier alpha value is -0.0400. The molecule has 130 valence electrons. The molecule has 2 aliphatic rings. The maximum absolute atomic E-state index is 6.09. The van der Waals surface area contributed by atoms with Gasteiger partial charge >= 0.3 is 0 Å². The van der Waals surface area contributed by atoms with Crippen LogP contribution in [0.2, 0.25) is 0 Å². The summed E-state index contributed by atoms with van der Waals surface area (Å²) in [4.78, 5) is 7.19. The van der Waals surface area contributed by atoms with Gasteiger partial charge in [0, 0.05) is 18.1 Å². The molecule has 1 heterocycles. The van der Waals surface area contributed by atoms with Crippen molar-refractivity contribution in [3.63, 3.8) is 0 Å². The van der Waals surface area contributed by atoms with Gasteiger partial charge in [0.2, 0.25) is 0 Å². The third kappa shape index (κ3) is 6.60. The molecule has 0 aromatic rings. The van der Waals surface area contributed by atoms with E-state index in [0.29, 0.717) is 24.1 Å². The first-order valence-corrected chi connectivity index (χ1v) is 8.99. The number of halogens is 1. The first kappa shape index (κ1) is 20.0. The van der Waals surface area contributed by atoms with Crippen molar-refractivity contribution in [3.8, 4) is 0 Å². The van der Waals surface area contributed by atoms with Crippen molar-refractivity contribution in [1.29, 1.82) is 0 Å². The third-order valence-corrected chi connectivity index (χ3v) is 5.15. The van der Waals surface area contributed by atoms with Crippen molar-refractivity contribution in [2.75, 3.05) is 13.1 Å². The molecule has 0 amide bonds. The lowest BCUT2D eigenvalue weighted by atomic mass is 10.0. The van der Waals surface area contributed by atoms with Crippen molar-refractivity contribution in [2.24, 2.45) is 10.7 Å². The average Bonchev–Trinajstić information content (AvgIpc) is 2.74. The maximum atomic E-state index is 6.09. The lowest BCUT2D eigenvalue weighted by Gasteiger charge is -2.37. The van der Waals surface area contributed by atoms with Crippen LogP contribution in [-0.4, -0.2) is 42.1 Å². The number of piperidine rings is 1. The summed E-state index contributed by atoms with van der Waals surface area (Å²) >= 11 is 0. The van der Waals surface area contributed by atoms with E-state index in [-0.39, 0.29) is 24.0 Å². The zero-order valence-electron chi connectivity index (χ0n) is 14.4. The predicted molar refractivity (Wildman–Crippen MR) is 106 cm³/mol. The van der Waals surface area contributed by atoms with E-state index in [1.54, 1.807) is 0 Å². The highest BCUT2D eigenvalue weighted by molar-refractivity contribution is 14.0. The topological polar surface area (TPSA) is 53.6 Å². The van der Waals surface area contributed by atoms with E-state index in [1.165, 1.54) is 64.3 Å². The van der Waals surface area contributed by atoms with Crippen molar-refractivity contribution in [2.45, 2.75) is 89.8 Å². The Bertz CT molecular complexity index is 327. The third-order valence-electron chi connectivity index (χ3n) is 5.15. The van der Waals surface area contributed by atoms with Crippen LogP contribution < -0.4 is 11.1 Å². The monoisotopic (exact) mass is 422 g/mol. The summed E-state index contributed by atoms with van der Waals surface area (Å²) in [5, 5.41) is 3.44. The predicted octanol–water partition coefficient (Wildman–Crippen LogP) is 3.49. The number of hydrogen-bond donors (Lipinski definition) is 2. The molecule has 1 saturated heterocycles. The summed E-state index contributed by atoms with van der Waals surface area (Å²) in [6, 6.07) is 1.73. The fraction of sp³-hybridized carbons (Fsp3) is 0.941. The molecule has 2 unspecified atom stereocenters. The minimum absolute atomic E-state index is 0. The van der Waals surface area contributed by atoms with Crippen LogP contribution in [0.4, 0.5) is 0 Å². The van der Waals surface area contributed by atoms with Gasteiger partial charge in [0.1, 0.15) is 0 Å². The fourth-order valence-corrected chi connectivity index (χ4v) is 3.79. The zero-order valence-corrected chi connectivity index (χ0v) is 16.7. The number of rotatable bonds is 4. The second-order valence-electron chi connectivity index (χ2n) is 6.99. The minimum Gasteiger partial charge on any atom is -0.370 e. The summed E-state index contributed by atoms with van der Waals surface area (Å²) in [5.41, 5.74) is 6.09. The molecule has 22 heavy (non-hydrogen) atoms. The lowest BCUT2D eigenvalue weighted by Crippen LogP contribution is -2.46. The van der Waals surface area contributed by atoms with Gasteiger partial charge < -0.3 is 11.1 Å². The highest BCUT2D eigenvalue weighted by atomic mass is 127. The van der Waals surface area contributed by atoms with Crippen LogP contribution in [0.3, 0.4) is 0 Å². The van der Waals surface area contributed by atoms with Gasteiger partial charge in [-0.25, -0.2) is 0 Å². The number of hydrogen-bond acceptors (Lipinski definition) is 2. The van der Waals surface area contributed by atoms with E-state index in [0.717, 1.165) is 6.54 Å². The molecule has 5 heteroatoms. The second kappa shape index (κ2) is 10.7. The summed E-state index contributed by atoms with van der Waals surface area (Å²) in [6.07, 6.45) is 11.9. The molecule has 2 rings (SSSR count). The molecule has 0 spiro atoms. The highest BCUT2D eigenvalue weighted by Crippen LogP contribution is 2.19. The largest absolute Gasteiger partial charge is 0.370 e. The van der Waals surface area contributed by atoms with Gasteiger partial charge in [-0.05, 0) is 46.1 Å². The number of nitrogens with zero attached hydrogens (tertiary/aromatic N) is 2. The molecule has 0 bridgehead atoms. The number of aliphatic imine (C=N–C) groups is 1. The smallest absolute Gasteiger partial charge is 0.188 e. The molecular formula is C17H35IN4. The molecule has 2 atom stereocenters.